The zero-order valence-electron chi connectivity index (χ0n) is 69.6. The lowest BCUT2D eigenvalue weighted by Crippen LogP contribution is -2.46. The molecule has 0 amide bonds. The number of alkyl halides is 4. The molecule has 10 aromatic carbocycles. The van der Waals surface area contributed by atoms with Crippen molar-refractivity contribution >= 4 is 219 Å². The first-order valence-corrected chi connectivity index (χ1v) is 54.3. The SMILES string of the molecule is COc1ccc(S(=O)(=O)N2Cc3ccccc3-c3oc(Br)cc32)cc1.COc1ccc(S(=O)(=O)N2Cc3ccccc3-c3sc(Br)c(Br)c32)cc1.COc1ccc(S(=O)(=O)N2Cc3ccccc3-c3sc(Br)c(C)c32)cc1.COc1ccc(S(=O)(=O)N2c3c(sc(Br)c3C)-c3ccccc3C2(F)F)cc1.COc1ccc(S(=O)(=O)N2c3cc(Br)sc3-c3ccccc3C2(F)F)cc1. The summed E-state index contributed by atoms with van der Waals surface area (Å²) in [6.07, 6.45) is 0. The number of furan rings is 1. The number of sulfonamides is 5. The molecule has 15 aromatic rings. The summed E-state index contributed by atoms with van der Waals surface area (Å²) in [6.45, 7) is 4.44. The van der Waals surface area contributed by atoms with E-state index in [1.807, 2.05) is 79.7 Å². The van der Waals surface area contributed by atoms with Gasteiger partial charge in [0.15, 0.2) is 10.4 Å². The van der Waals surface area contributed by atoms with Crippen LogP contribution in [0.5, 0.6) is 28.7 Å². The monoisotopic (exact) mass is 2340 g/mol. The molecule has 5 aromatic heterocycles. The summed E-state index contributed by atoms with van der Waals surface area (Å²) in [5.41, 5.74) is 9.25. The lowest BCUT2D eigenvalue weighted by molar-refractivity contribution is 0.00831. The highest BCUT2D eigenvalue weighted by atomic mass is 79.9. The summed E-state index contributed by atoms with van der Waals surface area (Å²) in [7, 11) is -12.7. The standard InChI is InChI=1S/C19H14BrF2NO3S2.C19H16BrNO3S2.C18H13Br2NO3S2.C18H12BrF2NO3S2.C18H14BrNO4S/c1-11-16-17(27-18(11)20)14-5-3-4-6-15(14)19(21,22)23(16)28(24,25)13-9-7-12(26-2)8-10-13;1-12-17-18(25-19(12)20)16-6-4-3-5-13(16)11-21(17)26(22,23)15-9-7-14(24-2)8-10-15;1-24-12-6-8-13(9-7-12)26(22,23)21-10-11-4-2-3-5-14(11)17-16(21)15(19)18(20)25-17;1-25-11-6-8-12(9-7-11)27(23,24)22-15-10-16(19)26-17(15)13-4-2-3-5-14(13)18(22,20)21;1-23-13-6-8-14(9-7-13)25(21,22)20-11-12-4-2-3-5-15(12)18-16(20)10-17(19)24-18/h3-10H,1-2H3;3-10H,11H2,1-2H3;2-9H,10H2,1H3;2-10H,1H3;2-10H,11H2,1H3. The Labute approximate surface area is 825 Å². The molecule has 0 saturated carbocycles. The second-order valence-electron chi connectivity index (χ2n) is 29.4. The van der Waals surface area contributed by atoms with E-state index in [9.17, 15) is 42.1 Å². The highest BCUT2D eigenvalue weighted by Gasteiger charge is 2.55. The Kier molecular flexibility index (Phi) is 27.4. The molecule has 0 N–H and O–H groups in total. The third-order valence-corrected chi connectivity index (χ3v) is 40.5. The van der Waals surface area contributed by atoms with E-state index in [0.717, 1.165) is 66.4 Å². The fourth-order valence-electron chi connectivity index (χ4n) is 15.3. The minimum atomic E-state index is -4.55. The van der Waals surface area contributed by atoms with E-state index < -0.39 is 62.2 Å². The number of anilines is 5. The molecule has 40 heteroatoms. The van der Waals surface area contributed by atoms with Crippen LogP contribution in [-0.4, -0.2) is 77.6 Å². The molecule has 0 unspecified atom stereocenters. The number of thiophene rings is 4. The molecule has 0 bridgehead atoms. The van der Waals surface area contributed by atoms with Gasteiger partial charge in [-0.25, -0.2) is 42.1 Å². The predicted octanol–water partition coefficient (Wildman–Crippen LogP) is 26.5. The third-order valence-electron chi connectivity index (χ3n) is 21.8. The number of benzene rings is 10. The van der Waals surface area contributed by atoms with Crippen LogP contribution in [0.25, 0.3) is 53.1 Å². The molecule has 0 saturated heterocycles. The van der Waals surface area contributed by atoms with Crippen LogP contribution in [0.1, 0.15) is 38.9 Å². The van der Waals surface area contributed by atoms with Crippen molar-refractivity contribution in [2.24, 2.45) is 0 Å². The van der Waals surface area contributed by atoms with Gasteiger partial charge in [-0.3, -0.25) is 12.9 Å². The summed E-state index contributed by atoms with van der Waals surface area (Å²) in [5.74, 6) is 3.27. The van der Waals surface area contributed by atoms with Crippen molar-refractivity contribution in [2.75, 3.05) is 57.1 Å². The average molecular weight is 2340 g/mol. The number of ether oxygens (including phenoxy) is 5. The minimum Gasteiger partial charge on any atom is -0.497 e. The van der Waals surface area contributed by atoms with Crippen molar-refractivity contribution in [1.29, 1.82) is 0 Å². The summed E-state index contributed by atoms with van der Waals surface area (Å²) < 4.78 is 235. The molecule has 5 aliphatic heterocycles. The van der Waals surface area contributed by atoms with Crippen molar-refractivity contribution < 1.29 is 87.8 Å². The Bertz CT molecular complexity index is 7430. The van der Waals surface area contributed by atoms with Crippen LogP contribution in [0.15, 0.2) is 308 Å². The van der Waals surface area contributed by atoms with Gasteiger partial charge < -0.3 is 28.1 Å². The van der Waals surface area contributed by atoms with Gasteiger partial charge in [-0.1, -0.05) is 121 Å². The van der Waals surface area contributed by atoms with Gasteiger partial charge in [-0.2, -0.15) is 26.2 Å². The van der Waals surface area contributed by atoms with Crippen LogP contribution >= 0.6 is 141 Å². The maximum absolute atomic E-state index is 15.6. The molecule has 0 radical (unpaired) electrons. The lowest BCUT2D eigenvalue weighted by Gasteiger charge is -2.37. The van der Waals surface area contributed by atoms with Crippen LogP contribution in [0.2, 0.25) is 0 Å². The van der Waals surface area contributed by atoms with Crippen molar-refractivity contribution in [2.45, 2.75) is 70.1 Å². The van der Waals surface area contributed by atoms with E-state index >= 15 is 17.6 Å². The molecule has 10 heterocycles. The number of halogens is 10. The van der Waals surface area contributed by atoms with E-state index in [-0.39, 0.29) is 62.1 Å². The molecule has 0 spiro atoms. The summed E-state index contributed by atoms with van der Waals surface area (Å²) in [5, 5.41) is 0. The summed E-state index contributed by atoms with van der Waals surface area (Å²) >= 11 is 26.2. The quantitative estimate of drug-likeness (QED) is 0.0684. The molecule has 132 heavy (non-hydrogen) atoms. The summed E-state index contributed by atoms with van der Waals surface area (Å²) in [6, 6.07) is 61.1. The number of nitrogens with zero attached hydrogens (tertiary/aromatic N) is 5. The zero-order chi connectivity index (χ0) is 94.2. The van der Waals surface area contributed by atoms with Crippen LogP contribution in [-0.2, 0) is 81.8 Å². The van der Waals surface area contributed by atoms with E-state index in [1.54, 1.807) is 143 Å². The highest BCUT2D eigenvalue weighted by Crippen LogP contribution is 2.61. The summed E-state index contributed by atoms with van der Waals surface area (Å²) in [4.78, 5) is 3.09. The average Bonchev–Trinajstić information content (AvgIpc) is 1.62. The van der Waals surface area contributed by atoms with Gasteiger partial charge in [-0.15, -0.1) is 45.3 Å². The van der Waals surface area contributed by atoms with Crippen LogP contribution in [0, 0.1) is 13.8 Å². The Morgan fingerprint density at radius 3 is 1.06 bits per heavy atom. The van der Waals surface area contributed by atoms with Crippen molar-refractivity contribution in [3.63, 3.8) is 0 Å². The largest absolute Gasteiger partial charge is 0.497 e. The molecule has 682 valence electrons. The van der Waals surface area contributed by atoms with Gasteiger partial charge >= 0.3 is 12.1 Å². The van der Waals surface area contributed by atoms with Gasteiger partial charge in [0, 0.05) is 22.8 Å². The number of hydrogen-bond acceptors (Lipinski definition) is 20. The third kappa shape index (κ3) is 17.6. The first kappa shape index (κ1) is 95.8. The van der Waals surface area contributed by atoms with E-state index in [2.05, 4.69) is 95.6 Å². The van der Waals surface area contributed by atoms with E-state index in [4.69, 9.17) is 28.1 Å². The maximum Gasteiger partial charge on any atom is 0.366 e. The topological polar surface area (TPSA) is 246 Å². The Balaban J connectivity index is 0.000000120. The Morgan fingerprint density at radius 2 is 0.636 bits per heavy atom. The smallest absolute Gasteiger partial charge is 0.366 e. The molecule has 20 rings (SSSR count). The fraction of sp³-hybridized carbons (Fsp3) is 0.130. The molecule has 21 nitrogen and oxygen atoms in total. The number of fused-ring (bicyclic) bond motifs is 15. The van der Waals surface area contributed by atoms with Crippen molar-refractivity contribution in [3.05, 3.63) is 318 Å². The second-order valence-corrected chi connectivity index (χ2v) is 49.5. The lowest BCUT2D eigenvalue weighted by atomic mass is 9.98. The first-order chi connectivity index (χ1) is 62.8. The van der Waals surface area contributed by atoms with Gasteiger partial charge in [0.05, 0.1) is 158 Å². The molecular weight excluding hydrogens is 2280 g/mol. The van der Waals surface area contributed by atoms with E-state index in [0.29, 0.717) is 97.7 Å². The normalized spacial score (nSPS) is 14.1. The number of methoxy groups -OCH3 is 5. The first-order valence-electron chi connectivity index (χ1n) is 39.1. The van der Waals surface area contributed by atoms with Crippen molar-refractivity contribution in [3.8, 4) is 81.8 Å². The van der Waals surface area contributed by atoms with Gasteiger partial charge in [-0.05, 0) is 276 Å². The van der Waals surface area contributed by atoms with Gasteiger partial charge in [0.2, 0.25) is 0 Å². The van der Waals surface area contributed by atoms with Crippen molar-refractivity contribution in [1.82, 2.24) is 0 Å². The highest BCUT2D eigenvalue weighted by molar-refractivity contribution is 9.13. The molecule has 0 fully saturated rings. The molecule has 0 aliphatic carbocycles. The zero-order valence-corrected chi connectivity index (χ0v) is 86.5. The Morgan fingerprint density at radius 1 is 0.326 bits per heavy atom. The fourth-order valence-corrected chi connectivity index (χ4v) is 31.1. The number of hydrogen-bond donors (Lipinski definition) is 0. The predicted molar refractivity (Wildman–Crippen MR) is 531 cm³/mol. The number of rotatable bonds is 15. The molecule has 5 aliphatic rings. The molecular formula is C92H69Br6F4N5O16S9. The van der Waals surface area contributed by atoms with Gasteiger partial charge in [0.1, 0.15) is 28.7 Å². The van der Waals surface area contributed by atoms with Crippen LogP contribution in [0.4, 0.5) is 46.0 Å². The van der Waals surface area contributed by atoms with E-state index in [1.165, 1.54) is 140 Å². The maximum atomic E-state index is 15.6. The van der Waals surface area contributed by atoms with Gasteiger partial charge in [0.25, 0.3) is 50.1 Å². The minimum absolute atomic E-state index is 0.00334. The molecule has 0 atom stereocenters. The Hall–Kier alpha value is -9.37. The van der Waals surface area contributed by atoms with Crippen LogP contribution < -0.4 is 45.2 Å². The second kappa shape index (κ2) is 37.7. The van der Waals surface area contributed by atoms with Crippen LogP contribution in [0.3, 0.4) is 0 Å².